The Morgan fingerprint density at radius 3 is 2.09 bits per heavy atom. The summed E-state index contributed by atoms with van der Waals surface area (Å²) < 4.78 is 8.61. The molecule has 0 bridgehead atoms. The number of aliphatic imine (C=N–C) groups is 1. The Bertz CT molecular complexity index is 3360. The van der Waals surface area contributed by atoms with E-state index in [0.717, 1.165) is 50.2 Å². The van der Waals surface area contributed by atoms with Gasteiger partial charge in [-0.3, -0.25) is 4.57 Å². The molecule has 0 fully saturated rings. The van der Waals surface area contributed by atoms with Crippen LogP contribution in [0.15, 0.2) is 191 Å². The molecule has 1 unspecified atom stereocenters. The lowest BCUT2D eigenvalue weighted by atomic mass is 9.88. The van der Waals surface area contributed by atoms with Crippen LogP contribution in [0.25, 0.3) is 92.9 Å². The van der Waals surface area contributed by atoms with E-state index in [9.17, 15) is 0 Å². The Morgan fingerprint density at radius 2 is 1.22 bits per heavy atom. The lowest BCUT2D eigenvalue weighted by Crippen LogP contribution is -2.42. The third-order valence-corrected chi connectivity index (χ3v) is 11.4. The largest absolute Gasteiger partial charge is 0.456 e. The predicted octanol–water partition coefficient (Wildman–Crippen LogP) is 12.5. The van der Waals surface area contributed by atoms with Crippen LogP contribution >= 0.6 is 0 Å². The maximum absolute atomic E-state index is 6.23. The van der Waals surface area contributed by atoms with Crippen molar-refractivity contribution in [2.45, 2.75) is 6.04 Å². The maximum Gasteiger partial charge on any atom is 0.209 e. The van der Waals surface area contributed by atoms with Gasteiger partial charge in [-0.05, 0) is 63.0 Å². The van der Waals surface area contributed by atoms with Crippen molar-refractivity contribution in [3.63, 3.8) is 0 Å². The van der Waals surface area contributed by atoms with Crippen LogP contribution in [0.1, 0.15) is 5.56 Å². The van der Waals surface area contributed by atoms with Crippen molar-refractivity contribution in [1.29, 1.82) is 0 Å². The first-order chi connectivity index (χ1) is 26.8. The number of benzene rings is 8. The van der Waals surface area contributed by atoms with E-state index in [-0.39, 0.29) is 6.04 Å². The molecule has 2 aromatic heterocycles. The molecule has 4 nitrogen and oxygen atoms in total. The first kappa shape index (κ1) is 29.4. The lowest BCUT2D eigenvalue weighted by molar-refractivity contribution is 0.669. The molecule has 3 heterocycles. The number of allylic oxidation sites excluding steroid dienone is 2. The van der Waals surface area contributed by atoms with Crippen molar-refractivity contribution >= 4 is 87.7 Å². The quantitative estimate of drug-likeness (QED) is 0.184. The molecule has 10 aromatic rings. The zero-order valence-electron chi connectivity index (χ0n) is 29.1. The molecule has 0 radical (unpaired) electrons. The van der Waals surface area contributed by atoms with Gasteiger partial charge in [-0.15, -0.1) is 0 Å². The van der Waals surface area contributed by atoms with Gasteiger partial charge in [0.1, 0.15) is 11.2 Å². The third-order valence-electron chi connectivity index (χ3n) is 11.4. The number of nitrogens with zero attached hydrogens (tertiary/aromatic N) is 2. The summed E-state index contributed by atoms with van der Waals surface area (Å²) in [5.74, 6) is 0.819. The Hall–Kier alpha value is -7.17. The molecule has 1 atom stereocenters. The van der Waals surface area contributed by atoms with E-state index in [1.165, 1.54) is 59.8 Å². The Labute approximate surface area is 310 Å². The van der Waals surface area contributed by atoms with Gasteiger partial charge in [-0.1, -0.05) is 146 Å². The standard InChI is InChI=1S/C50H31N3O/c1-2-14-30(15-3-1)48-37-21-8-11-23-42(37)51-50(52-48)53-43-24-12-9-22-38(43)47-46-35-19-6-4-16-32(35)39(29-41(46)33-17-5-7-20-36(33)49(47)53)31-26-27-45-40(28-31)34-18-10-13-25-44(34)54-45/h1-29,42H,(H,51,52). The van der Waals surface area contributed by atoms with Crippen LogP contribution in [-0.4, -0.2) is 16.6 Å². The van der Waals surface area contributed by atoms with Crippen molar-refractivity contribution in [3.8, 4) is 11.1 Å². The van der Waals surface area contributed by atoms with Gasteiger partial charge in [-0.25, -0.2) is 4.99 Å². The number of aromatic nitrogens is 1. The van der Waals surface area contributed by atoms with Crippen molar-refractivity contribution in [2.75, 3.05) is 0 Å². The second-order valence-corrected chi connectivity index (χ2v) is 14.3. The highest BCUT2D eigenvalue weighted by atomic mass is 16.3. The van der Waals surface area contributed by atoms with Gasteiger partial charge < -0.3 is 9.73 Å². The van der Waals surface area contributed by atoms with Crippen LogP contribution < -0.4 is 5.32 Å². The molecule has 1 aliphatic heterocycles. The average molecular weight is 690 g/mol. The molecule has 252 valence electrons. The Balaban J connectivity index is 1.21. The number of rotatable bonds is 2. The highest BCUT2D eigenvalue weighted by Crippen LogP contribution is 2.47. The third kappa shape index (κ3) is 4.11. The summed E-state index contributed by atoms with van der Waals surface area (Å²) in [4.78, 5) is 5.48. The topological polar surface area (TPSA) is 42.5 Å². The molecular formula is C50H31N3O. The fourth-order valence-electron chi connectivity index (χ4n) is 9.06. The van der Waals surface area contributed by atoms with Crippen molar-refractivity contribution in [2.24, 2.45) is 4.99 Å². The van der Waals surface area contributed by atoms with Gasteiger partial charge in [-0.2, -0.15) is 0 Å². The summed E-state index contributed by atoms with van der Waals surface area (Å²) >= 11 is 0. The number of nitrogens with one attached hydrogen (secondary N) is 1. The Kier molecular flexibility index (Phi) is 6.08. The predicted molar refractivity (Wildman–Crippen MR) is 226 cm³/mol. The van der Waals surface area contributed by atoms with Gasteiger partial charge in [0.05, 0.1) is 22.8 Å². The van der Waals surface area contributed by atoms with Crippen LogP contribution in [0.4, 0.5) is 0 Å². The number of furan rings is 1. The highest BCUT2D eigenvalue weighted by Gasteiger charge is 2.28. The van der Waals surface area contributed by atoms with Crippen LogP contribution in [0.5, 0.6) is 0 Å². The summed E-state index contributed by atoms with van der Waals surface area (Å²) in [6.07, 6.45) is 8.64. The van der Waals surface area contributed by atoms with E-state index < -0.39 is 0 Å². The first-order valence-corrected chi connectivity index (χ1v) is 18.5. The van der Waals surface area contributed by atoms with Crippen molar-refractivity contribution in [3.05, 3.63) is 187 Å². The van der Waals surface area contributed by atoms with E-state index in [1.54, 1.807) is 0 Å². The fourth-order valence-corrected chi connectivity index (χ4v) is 9.06. The van der Waals surface area contributed by atoms with E-state index in [2.05, 4.69) is 174 Å². The van der Waals surface area contributed by atoms with Crippen LogP contribution in [0.3, 0.4) is 0 Å². The van der Waals surface area contributed by atoms with Gasteiger partial charge in [0.15, 0.2) is 0 Å². The minimum absolute atomic E-state index is 0.00582. The summed E-state index contributed by atoms with van der Waals surface area (Å²) in [7, 11) is 0. The van der Waals surface area contributed by atoms with Gasteiger partial charge in [0.25, 0.3) is 0 Å². The zero-order valence-corrected chi connectivity index (χ0v) is 29.1. The smallest absolute Gasteiger partial charge is 0.209 e. The van der Waals surface area contributed by atoms with Crippen molar-refractivity contribution < 1.29 is 4.42 Å². The minimum atomic E-state index is -0.00582. The summed E-state index contributed by atoms with van der Waals surface area (Å²) in [6, 6.07) is 54.5. The second kappa shape index (κ2) is 11.2. The molecule has 0 saturated heterocycles. The van der Waals surface area contributed by atoms with Gasteiger partial charge >= 0.3 is 0 Å². The second-order valence-electron chi connectivity index (χ2n) is 14.3. The number of hydrogen-bond donors (Lipinski definition) is 1. The van der Waals surface area contributed by atoms with Gasteiger partial charge in [0, 0.05) is 43.5 Å². The fraction of sp³-hybridized carbons (Fsp3) is 0.0200. The van der Waals surface area contributed by atoms with Crippen LogP contribution in [-0.2, 0) is 0 Å². The molecule has 12 rings (SSSR count). The van der Waals surface area contributed by atoms with Crippen molar-refractivity contribution in [1.82, 2.24) is 9.88 Å². The molecular weight excluding hydrogens is 659 g/mol. The molecule has 1 N–H and O–H groups in total. The Morgan fingerprint density at radius 1 is 0.519 bits per heavy atom. The molecule has 1 aliphatic carbocycles. The molecule has 54 heavy (non-hydrogen) atoms. The molecule has 0 saturated carbocycles. The molecule has 4 heteroatoms. The molecule has 8 aromatic carbocycles. The first-order valence-electron chi connectivity index (χ1n) is 18.5. The van der Waals surface area contributed by atoms with E-state index >= 15 is 0 Å². The minimum Gasteiger partial charge on any atom is -0.456 e. The zero-order chi connectivity index (χ0) is 35.3. The van der Waals surface area contributed by atoms with Crippen LogP contribution in [0, 0.1) is 0 Å². The maximum atomic E-state index is 6.23. The summed E-state index contributed by atoms with van der Waals surface area (Å²) in [5.41, 5.74) is 9.73. The van der Waals surface area contributed by atoms with E-state index in [0.29, 0.717) is 0 Å². The average Bonchev–Trinajstić information content (AvgIpc) is 3.79. The molecule has 0 amide bonds. The molecule has 0 spiro atoms. The number of fused-ring (bicyclic) bond motifs is 14. The summed E-state index contributed by atoms with van der Waals surface area (Å²) in [5, 5.41) is 15.9. The van der Waals surface area contributed by atoms with Crippen LogP contribution in [0.2, 0.25) is 0 Å². The monoisotopic (exact) mass is 689 g/mol. The number of hydrogen-bond acceptors (Lipinski definition) is 3. The lowest BCUT2D eigenvalue weighted by Gasteiger charge is -2.29. The highest BCUT2D eigenvalue weighted by molar-refractivity contribution is 6.39. The van der Waals surface area contributed by atoms with E-state index in [4.69, 9.17) is 9.41 Å². The number of para-hydroxylation sites is 2. The summed E-state index contributed by atoms with van der Waals surface area (Å²) in [6.45, 7) is 0. The van der Waals surface area contributed by atoms with E-state index in [1.807, 2.05) is 12.1 Å². The SMILES string of the molecule is C1=CC2=C(c3ccccc3)N=C(n3c4ccccc4c4c5c6ccccc6c(-c6ccc7oc8ccccc8c7c6)cc5c5ccccc5c43)NC2C=C1. The normalized spacial score (nSPS) is 15.6. The van der Waals surface area contributed by atoms with Gasteiger partial charge in [0.2, 0.25) is 5.96 Å². The molecule has 2 aliphatic rings.